The standard InChI is InChI=1S/C18H25BrN2O5/c1-17(2,3)26-16(23)20-18(8-9-18)14(11-22)13(10-21(24)25)12-6-4-5-7-15(12)19/h4-7,13-14,22H,8-11H2,1-3H3,(H,20,23)/t13-,14-/m1/s1. The number of aliphatic hydroxyl groups excluding tert-OH is 1. The summed E-state index contributed by atoms with van der Waals surface area (Å²) < 4.78 is 6.07. The molecular formula is C18H25BrN2O5. The number of hydrogen-bond donors (Lipinski definition) is 2. The third-order valence-corrected chi connectivity index (χ3v) is 5.30. The number of carbonyl (C=O) groups excluding carboxylic acids is 1. The van der Waals surface area contributed by atoms with Crippen molar-refractivity contribution >= 4 is 22.0 Å². The van der Waals surface area contributed by atoms with E-state index >= 15 is 0 Å². The SMILES string of the molecule is CC(C)(C)OC(=O)NC1([C@H](CO)[C@H](C[N+](=O)[O-])c2ccccc2Br)CC1. The van der Waals surface area contributed by atoms with Gasteiger partial charge in [0.15, 0.2) is 0 Å². The molecule has 1 saturated carbocycles. The minimum Gasteiger partial charge on any atom is -0.444 e. The molecule has 0 bridgehead atoms. The van der Waals surface area contributed by atoms with Crippen LogP contribution in [0.15, 0.2) is 28.7 Å². The highest BCUT2D eigenvalue weighted by Crippen LogP contribution is 2.49. The van der Waals surface area contributed by atoms with Crippen molar-refractivity contribution in [3.05, 3.63) is 44.4 Å². The van der Waals surface area contributed by atoms with Gasteiger partial charge in [-0.2, -0.15) is 0 Å². The second-order valence-electron chi connectivity index (χ2n) is 7.72. The molecule has 1 aromatic rings. The van der Waals surface area contributed by atoms with Gasteiger partial charge < -0.3 is 15.2 Å². The van der Waals surface area contributed by atoms with E-state index in [4.69, 9.17) is 4.74 Å². The Balaban J connectivity index is 2.28. The largest absolute Gasteiger partial charge is 0.444 e. The molecule has 1 amide bonds. The molecule has 0 aliphatic heterocycles. The van der Waals surface area contributed by atoms with Crippen LogP contribution in [0.1, 0.15) is 45.1 Å². The molecule has 0 aromatic heterocycles. The third kappa shape index (κ3) is 5.17. The summed E-state index contributed by atoms with van der Waals surface area (Å²) >= 11 is 3.45. The molecule has 0 radical (unpaired) electrons. The minimum absolute atomic E-state index is 0.268. The van der Waals surface area contributed by atoms with Crippen LogP contribution >= 0.6 is 15.9 Å². The number of hydrogen-bond acceptors (Lipinski definition) is 5. The highest BCUT2D eigenvalue weighted by atomic mass is 79.9. The molecule has 8 heteroatoms. The Kier molecular flexibility index (Phi) is 6.29. The van der Waals surface area contributed by atoms with Crippen molar-refractivity contribution in [1.29, 1.82) is 0 Å². The second-order valence-corrected chi connectivity index (χ2v) is 8.57. The Morgan fingerprint density at radius 3 is 2.50 bits per heavy atom. The van der Waals surface area contributed by atoms with E-state index in [0.29, 0.717) is 12.8 Å². The zero-order chi connectivity index (χ0) is 19.5. The van der Waals surface area contributed by atoms with Crippen molar-refractivity contribution in [2.75, 3.05) is 13.2 Å². The van der Waals surface area contributed by atoms with Gasteiger partial charge in [-0.25, -0.2) is 4.79 Å². The van der Waals surface area contributed by atoms with E-state index in [9.17, 15) is 20.0 Å². The molecule has 1 fully saturated rings. The Morgan fingerprint density at radius 1 is 1.42 bits per heavy atom. The van der Waals surface area contributed by atoms with Crippen molar-refractivity contribution in [3.8, 4) is 0 Å². The molecule has 2 atom stereocenters. The fraction of sp³-hybridized carbons (Fsp3) is 0.611. The number of alkyl carbamates (subject to hydrolysis) is 1. The first-order valence-electron chi connectivity index (χ1n) is 8.56. The topological polar surface area (TPSA) is 102 Å². The second kappa shape index (κ2) is 7.92. The van der Waals surface area contributed by atoms with Crippen LogP contribution in [-0.2, 0) is 4.74 Å². The molecule has 0 unspecified atom stereocenters. The summed E-state index contributed by atoms with van der Waals surface area (Å²) in [5.74, 6) is -1.03. The third-order valence-electron chi connectivity index (χ3n) is 4.58. The normalized spacial score (nSPS) is 17.9. The van der Waals surface area contributed by atoms with Crippen LogP contribution in [-0.4, -0.2) is 40.4 Å². The number of halogens is 1. The molecule has 1 aliphatic carbocycles. The van der Waals surface area contributed by atoms with E-state index in [1.54, 1.807) is 20.8 Å². The Labute approximate surface area is 161 Å². The summed E-state index contributed by atoms with van der Waals surface area (Å²) in [5.41, 5.74) is -0.578. The molecule has 0 heterocycles. The molecule has 2 rings (SSSR count). The molecular weight excluding hydrogens is 404 g/mol. The average Bonchev–Trinajstić information content (AvgIpc) is 3.25. The first-order chi connectivity index (χ1) is 12.1. The predicted molar refractivity (Wildman–Crippen MR) is 101 cm³/mol. The van der Waals surface area contributed by atoms with Crippen LogP contribution in [0.2, 0.25) is 0 Å². The zero-order valence-electron chi connectivity index (χ0n) is 15.2. The van der Waals surface area contributed by atoms with Crippen molar-refractivity contribution in [3.63, 3.8) is 0 Å². The quantitative estimate of drug-likeness (QED) is 0.511. The first kappa shape index (κ1) is 20.6. The van der Waals surface area contributed by atoms with Crippen LogP contribution < -0.4 is 5.32 Å². The van der Waals surface area contributed by atoms with Gasteiger partial charge >= 0.3 is 6.09 Å². The maximum atomic E-state index is 12.2. The van der Waals surface area contributed by atoms with Gasteiger partial charge in [0.05, 0.1) is 5.92 Å². The van der Waals surface area contributed by atoms with Crippen LogP contribution in [0.25, 0.3) is 0 Å². The van der Waals surface area contributed by atoms with E-state index in [1.807, 2.05) is 24.3 Å². The maximum Gasteiger partial charge on any atom is 0.408 e. The van der Waals surface area contributed by atoms with Gasteiger partial charge in [0.2, 0.25) is 6.54 Å². The van der Waals surface area contributed by atoms with Crippen molar-refractivity contribution in [2.24, 2.45) is 5.92 Å². The lowest BCUT2D eigenvalue weighted by Gasteiger charge is -2.33. The van der Waals surface area contributed by atoms with Crippen molar-refractivity contribution < 1.29 is 19.6 Å². The van der Waals surface area contributed by atoms with Gasteiger partial charge in [-0.3, -0.25) is 10.1 Å². The van der Waals surface area contributed by atoms with E-state index in [0.717, 1.165) is 10.0 Å². The van der Waals surface area contributed by atoms with Crippen LogP contribution in [0.4, 0.5) is 4.79 Å². The van der Waals surface area contributed by atoms with Crippen molar-refractivity contribution in [2.45, 2.75) is 50.7 Å². The Hall–Kier alpha value is -1.67. The number of nitrogens with one attached hydrogen (secondary N) is 1. The first-order valence-corrected chi connectivity index (χ1v) is 9.35. The molecule has 1 aliphatic rings. The smallest absolute Gasteiger partial charge is 0.408 e. The van der Waals surface area contributed by atoms with Gasteiger partial charge in [0.1, 0.15) is 5.60 Å². The number of carbonyl (C=O) groups is 1. The van der Waals surface area contributed by atoms with E-state index in [2.05, 4.69) is 21.2 Å². The number of rotatable bonds is 7. The van der Waals surface area contributed by atoms with E-state index in [-0.39, 0.29) is 18.1 Å². The molecule has 7 nitrogen and oxygen atoms in total. The molecule has 2 N–H and O–H groups in total. The average molecular weight is 429 g/mol. The zero-order valence-corrected chi connectivity index (χ0v) is 16.8. The van der Waals surface area contributed by atoms with Crippen LogP contribution in [0.5, 0.6) is 0 Å². The monoisotopic (exact) mass is 428 g/mol. The summed E-state index contributed by atoms with van der Waals surface area (Å²) in [7, 11) is 0. The molecule has 0 spiro atoms. The summed E-state index contributed by atoms with van der Waals surface area (Å²) in [6.45, 7) is 4.71. The lowest BCUT2D eigenvalue weighted by molar-refractivity contribution is -0.485. The number of aliphatic hydroxyl groups is 1. The summed E-state index contributed by atoms with van der Waals surface area (Å²) in [4.78, 5) is 23.1. The molecule has 144 valence electrons. The molecule has 26 heavy (non-hydrogen) atoms. The Bertz CT molecular complexity index is 670. The Morgan fingerprint density at radius 2 is 2.04 bits per heavy atom. The number of ether oxygens (including phenoxy) is 1. The van der Waals surface area contributed by atoms with Gasteiger partial charge in [-0.1, -0.05) is 34.1 Å². The summed E-state index contributed by atoms with van der Waals surface area (Å²) in [5, 5.41) is 24.2. The van der Waals surface area contributed by atoms with Gasteiger partial charge in [0, 0.05) is 27.5 Å². The van der Waals surface area contributed by atoms with Crippen LogP contribution in [0, 0.1) is 16.0 Å². The summed E-state index contributed by atoms with van der Waals surface area (Å²) in [6.07, 6.45) is 0.729. The summed E-state index contributed by atoms with van der Waals surface area (Å²) in [6, 6.07) is 7.26. The number of nitrogens with zero attached hydrogens (tertiary/aromatic N) is 1. The number of amides is 1. The van der Waals surface area contributed by atoms with Crippen molar-refractivity contribution in [1.82, 2.24) is 5.32 Å². The number of benzene rings is 1. The molecule has 0 saturated heterocycles. The predicted octanol–water partition coefficient (Wildman–Crippen LogP) is 3.48. The lowest BCUT2D eigenvalue weighted by atomic mass is 9.80. The number of nitro groups is 1. The minimum atomic E-state index is -0.687. The van der Waals surface area contributed by atoms with Gasteiger partial charge in [-0.15, -0.1) is 0 Å². The van der Waals surface area contributed by atoms with E-state index < -0.39 is 29.1 Å². The highest BCUT2D eigenvalue weighted by molar-refractivity contribution is 9.10. The maximum absolute atomic E-state index is 12.2. The van der Waals surface area contributed by atoms with Crippen LogP contribution in [0.3, 0.4) is 0 Å². The lowest BCUT2D eigenvalue weighted by Crippen LogP contribution is -2.49. The van der Waals surface area contributed by atoms with E-state index in [1.165, 1.54) is 0 Å². The molecule has 1 aromatic carbocycles. The fourth-order valence-corrected chi connectivity index (χ4v) is 3.87. The van der Waals surface area contributed by atoms with Gasteiger partial charge in [0.25, 0.3) is 0 Å². The fourth-order valence-electron chi connectivity index (χ4n) is 3.30. The highest BCUT2D eigenvalue weighted by Gasteiger charge is 2.54. The van der Waals surface area contributed by atoms with Gasteiger partial charge in [-0.05, 0) is 45.2 Å².